The van der Waals surface area contributed by atoms with Gasteiger partial charge in [0, 0.05) is 6.42 Å². The van der Waals surface area contributed by atoms with E-state index in [2.05, 4.69) is 10.1 Å². The van der Waals surface area contributed by atoms with Crippen LogP contribution in [0.1, 0.15) is 27.2 Å². The summed E-state index contributed by atoms with van der Waals surface area (Å²) in [5.74, 6) is 0.650. The smallest absolute Gasteiger partial charge is 0.293 e. The van der Waals surface area contributed by atoms with E-state index in [9.17, 15) is 9.59 Å². The van der Waals surface area contributed by atoms with E-state index in [1.807, 2.05) is 20.8 Å². The van der Waals surface area contributed by atoms with Gasteiger partial charge in [0.15, 0.2) is 0 Å². The van der Waals surface area contributed by atoms with Crippen LogP contribution >= 0.6 is 0 Å². The number of ether oxygens (including phenoxy) is 1. The van der Waals surface area contributed by atoms with E-state index < -0.39 is 0 Å². The van der Waals surface area contributed by atoms with Crippen LogP contribution in [0.4, 0.5) is 0 Å². The topological polar surface area (TPSA) is 55.4 Å². The van der Waals surface area contributed by atoms with Gasteiger partial charge in [0.05, 0.1) is 0 Å². The molecule has 14 heavy (non-hydrogen) atoms. The average molecular weight is 201 g/mol. The SMILES string of the molecule is CC(C)(C)OC=O.O=CCC1CNC1. The van der Waals surface area contributed by atoms with Gasteiger partial charge in [-0.25, -0.2) is 0 Å². The highest BCUT2D eigenvalue weighted by molar-refractivity contribution is 5.50. The standard InChI is InChI=1S/C5H9NO.C5H10O2/c7-2-1-5-3-6-4-5;1-5(2,3)7-4-6/h2,5-6H,1,3-4H2;4H,1-3H3. The van der Waals surface area contributed by atoms with Gasteiger partial charge in [0.2, 0.25) is 0 Å². The molecule has 4 heteroatoms. The highest BCUT2D eigenvalue weighted by atomic mass is 16.5. The van der Waals surface area contributed by atoms with Crippen LogP contribution in [0.2, 0.25) is 0 Å². The molecule has 1 fully saturated rings. The van der Waals surface area contributed by atoms with Crippen LogP contribution in [-0.2, 0) is 14.3 Å². The van der Waals surface area contributed by atoms with Crippen LogP contribution < -0.4 is 5.32 Å². The Balaban J connectivity index is 0.000000241. The van der Waals surface area contributed by atoms with Gasteiger partial charge in [0.1, 0.15) is 11.9 Å². The predicted octanol–water partition coefficient (Wildman–Crippen LogP) is 0.753. The molecule has 1 saturated heterocycles. The maximum Gasteiger partial charge on any atom is 0.293 e. The number of hydrogen-bond donors (Lipinski definition) is 1. The molecule has 1 heterocycles. The number of nitrogens with one attached hydrogen (secondary N) is 1. The van der Waals surface area contributed by atoms with E-state index in [-0.39, 0.29) is 5.60 Å². The fraction of sp³-hybridized carbons (Fsp3) is 0.800. The number of rotatable bonds is 3. The zero-order valence-electron chi connectivity index (χ0n) is 9.08. The quantitative estimate of drug-likeness (QED) is 0.685. The largest absolute Gasteiger partial charge is 0.462 e. The summed E-state index contributed by atoms with van der Waals surface area (Å²) in [4.78, 5) is 19.4. The molecule has 82 valence electrons. The summed E-state index contributed by atoms with van der Waals surface area (Å²) in [5.41, 5.74) is -0.318. The first-order valence-electron chi connectivity index (χ1n) is 4.75. The highest BCUT2D eigenvalue weighted by Gasteiger charge is 2.14. The summed E-state index contributed by atoms with van der Waals surface area (Å²) >= 11 is 0. The molecule has 0 spiro atoms. The molecular weight excluding hydrogens is 182 g/mol. The monoisotopic (exact) mass is 201 g/mol. The van der Waals surface area contributed by atoms with Crippen LogP contribution in [0.15, 0.2) is 0 Å². The van der Waals surface area contributed by atoms with Crippen molar-refractivity contribution in [2.24, 2.45) is 5.92 Å². The van der Waals surface area contributed by atoms with Crippen molar-refractivity contribution in [1.82, 2.24) is 5.32 Å². The van der Waals surface area contributed by atoms with Crippen molar-refractivity contribution in [3.05, 3.63) is 0 Å². The van der Waals surface area contributed by atoms with E-state index in [0.717, 1.165) is 25.8 Å². The van der Waals surface area contributed by atoms with Gasteiger partial charge in [-0.3, -0.25) is 4.79 Å². The van der Waals surface area contributed by atoms with Gasteiger partial charge in [-0.05, 0) is 39.8 Å². The second-order valence-corrected chi connectivity index (χ2v) is 4.25. The first-order valence-corrected chi connectivity index (χ1v) is 4.75. The van der Waals surface area contributed by atoms with E-state index in [1.54, 1.807) is 0 Å². The lowest BCUT2D eigenvalue weighted by Crippen LogP contribution is -2.41. The van der Waals surface area contributed by atoms with Crippen LogP contribution in [0.5, 0.6) is 0 Å². The fourth-order valence-electron chi connectivity index (χ4n) is 0.796. The van der Waals surface area contributed by atoms with Gasteiger partial charge >= 0.3 is 0 Å². The summed E-state index contributed by atoms with van der Waals surface area (Å²) in [5, 5.41) is 3.09. The van der Waals surface area contributed by atoms with Crippen LogP contribution in [0.25, 0.3) is 0 Å². The third kappa shape index (κ3) is 7.73. The molecule has 0 bridgehead atoms. The minimum Gasteiger partial charge on any atom is -0.462 e. The molecule has 0 aromatic carbocycles. The zero-order valence-corrected chi connectivity index (χ0v) is 9.08. The van der Waals surface area contributed by atoms with Gasteiger partial charge in [-0.2, -0.15) is 0 Å². The summed E-state index contributed by atoms with van der Waals surface area (Å²) in [6, 6.07) is 0. The van der Waals surface area contributed by atoms with Gasteiger partial charge < -0.3 is 14.8 Å². The summed E-state index contributed by atoms with van der Waals surface area (Å²) in [6.45, 7) is 8.00. The van der Waals surface area contributed by atoms with Crippen molar-refractivity contribution in [3.8, 4) is 0 Å². The molecular formula is C10H19NO3. The molecule has 0 unspecified atom stereocenters. The first-order chi connectivity index (χ1) is 6.49. The number of carbonyl (C=O) groups excluding carboxylic acids is 2. The Hall–Kier alpha value is -0.900. The van der Waals surface area contributed by atoms with Crippen molar-refractivity contribution in [2.45, 2.75) is 32.8 Å². The Kier molecular flexibility index (Phi) is 6.12. The number of aldehydes is 1. The van der Waals surface area contributed by atoms with Crippen molar-refractivity contribution >= 4 is 12.8 Å². The maximum absolute atomic E-state index is 9.78. The molecule has 0 saturated carbocycles. The van der Waals surface area contributed by atoms with Crippen molar-refractivity contribution < 1.29 is 14.3 Å². The molecule has 0 aromatic rings. The first kappa shape index (κ1) is 13.1. The molecule has 4 nitrogen and oxygen atoms in total. The van der Waals surface area contributed by atoms with Crippen molar-refractivity contribution in [2.75, 3.05) is 13.1 Å². The summed E-state index contributed by atoms with van der Waals surface area (Å²) in [7, 11) is 0. The molecule has 1 N–H and O–H groups in total. The summed E-state index contributed by atoms with van der Waals surface area (Å²) < 4.78 is 4.55. The third-order valence-electron chi connectivity index (χ3n) is 1.70. The lowest BCUT2D eigenvalue weighted by molar-refractivity contribution is -0.138. The van der Waals surface area contributed by atoms with E-state index in [4.69, 9.17) is 0 Å². The lowest BCUT2D eigenvalue weighted by Gasteiger charge is -2.24. The molecule has 1 aliphatic rings. The normalized spacial score (nSPS) is 15.9. The minimum absolute atomic E-state index is 0.318. The maximum atomic E-state index is 9.78. The average Bonchev–Trinajstić information content (AvgIpc) is 1.95. The molecule has 0 aromatic heterocycles. The van der Waals surface area contributed by atoms with Crippen LogP contribution in [0.3, 0.4) is 0 Å². The fourth-order valence-corrected chi connectivity index (χ4v) is 0.796. The number of carbonyl (C=O) groups is 2. The Bertz CT molecular complexity index is 171. The number of hydrogen-bond acceptors (Lipinski definition) is 4. The molecule has 0 aliphatic carbocycles. The van der Waals surface area contributed by atoms with E-state index in [0.29, 0.717) is 12.4 Å². The second-order valence-electron chi connectivity index (χ2n) is 4.25. The molecule has 0 radical (unpaired) electrons. The van der Waals surface area contributed by atoms with Crippen LogP contribution in [0, 0.1) is 5.92 Å². The van der Waals surface area contributed by atoms with Crippen LogP contribution in [-0.4, -0.2) is 31.4 Å². The highest BCUT2D eigenvalue weighted by Crippen LogP contribution is 2.04. The Morgan fingerprint density at radius 2 is 1.93 bits per heavy atom. The molecule has 1 aliphatic heterocycles. The zero-order chi connectivity index (χ0) is 11.0. The second kappa shape index (κ2) is 6.54. The minimum atomic E-state index is -0.318. The summed E-state index contributed by atoms with van der Waals surface area (Å²) in [6.07, 6.45) is 1.73. The molecule has 1 rings (SSSR count). The Morgan fingerprint density at radius 3 is 2.00 bits per heavy atom. The van der Waals surface area contributed by atoms with Gasteiger partial charge in [0.25, 0.3) is 6.47 Å². The van der Waals surface area contributed by atoms with Crippen molar-refractivity contribution in [3.63, 3.8) is 0 Å². The Labute approximate surface area is 85.0 Å². The van der Waals surface area contributed by atoms with E-state index in [1.165, 1.54) is 0 Å². The molecule has 0 atom stereocenters. The molecule has 0 amide bonds. The predicted molar refractivity (Wildman–Crippen MR) is 53.9 cm³/mol. The lowest BCUT2D eigenvalue weighted by atomic mass is 10.0. The Morgan fingerprint density at radius 1 is 1.36 bits per heavy atom. The van der Waals surface area contributed by atoms with Crippen molar-refractivity contribution in [1.29, 1.82) is 0 Å². The van der Waals surface area contributed by atoms with Gasteiger partial charge in [-0.1, -0.05) is 0 Å². The third-order valence-corrected chi connectivity index (χ3v) is 1.70. The van der Waals surface area contributed by atoms with Gasteiger partial charge in [-0.15, -0.1) is 0 Å². The van der Waals surface area contributed by atoms with E-state index >= 15 is 0 Å².